The molecule has 1 aromatic carbocycles. The number of ether oxygens (including phenoxy) is 1. The van der Waals surface area contributed by atoms with Crippen molar-refractivity contribution in [2.75, 3.05) is 26.3 Å². The third-order valence-corrected chi connectivity index (χ3v) is 2.56. The molecule has 0 aliphatic heterocycles. The Hall–Kier alpha value is -1.59. The molecule has 3 N–H and O–H groups in total. The van der Waals surface area contributed by atoms with Crippen LogP contribution in [0.1, 0.15) is 18.4 Å². The highest BCUT2D eigenvalue weighted by molar-refractivity contribution is 5.70. The second kappa shape index (κ2) is 9.35. The van der Waals surface area contributed by atoms with Crippen molar-refractivity contribution in [3.05, 3.63) is 29.8 Å². The molecule has 0 aromatic heterocycles. The number of benzene rings is 1. The second-order valence-corrected chi connectivity index (χ2v) is 4.24. The van der Waals surface area contributed by atoms with E-state index in [-0.39, 0.29) is 13.0 Å². The van der Waals surface area contributed by atoms with Gasteiger partial charge in [-0.05, 0) is 43.6 Å². The summed E-state index contributed by atoms with van der Waals surface area (Å²) in [6.45, 7) is 2.51. The van der Waals surface area contributed by atoms with E-state index in [0.29, 0.717) is 6.61 Å². The average molecular weight is 267 g/mol. The van der Waals surface area contributed by atoms with Crippen molar-refractivity contribution in [2.45, 2.75) is 19.3 Å². The Morgan fingerprint density at radius 3 is 2.47 bits per heavy atom. The number of carboxylic acids is 1. The molecule has 5 heteroatoms. The monoisotopic (exact) mass is 267 g/mol. The lowest BCUT2D eigenvalue weighted by Crippen LogP contribution is -2.19. The number of hydrogen-bond acceptors (Lipinski definition) is 4. The van der Waals surface area contributed by atoms with E-state index in [4.69, 9.17) is 14.9 Å². The normalized spacial score (nSPS) is 10.4. The summed E-state index contributed by atoms with van der Waals surface area (Å²) >= 11 is 0. The van der Waals surface area contributed by atoms with Crippen LogP contribution in [0.2, 0.25) is 0 Å². The van der Waals surface area contributed by atoms with E-state index in [2.05, 4.69) is 5.32 Å². The zero-order valence-corrected chi connectivity index (χ0v) is 11.0. The number of carboxylic acid groups (broad SMARTS) is 1. The molecule has 0 saturated carbocycles. The summed E-state index contributed by atoms with van der Waals surface area (Å²) in [4.78, 5) is 10.5. The lowest BCUT2D eigenvalue weighted by molar-refractivity contribution is -0.136. The third kappa shape index (κ3) is 7.43. The van der Waals surface area contributed by atoms with E-state index < -0.39 is 5.97 Å². The third-order valence-electron chi connectivity index (χ3n) is 2.56. The maximum absolute atomic E-state index is 10.5. The van der Waals surface area contributed by atoms with Crippen LogP contribution in [0.4, 0.5) is 0 Å². The van der Waals surface area contributed by atoms with Gasteiger partial charge in [-0.3, -0.25) is 4.79 Å². The van der Waals surface area contributed by atoms with Gasteiger partial charge in [0.15, 0.2) is 0 Å². The molecule has 0 amide bonds. The Kier molecular flexibility index (Phi) is 7.62. The largest absolute Gasteiger partial charge is 0.494 e. The smallest absolute Gasteiger partial charge is 0.307 e. The summed E-state index contributed by atoms with van der Waals surface area (Å²) in [5.74, 6) is -0.0767. The lowest BCUT2D eigenvalue weighted by atomic mass is 10.1. The van der Waals surface area contributed by atoms with Crippen LogP contribution in [0, 0.1) is 0 Å². The van der Waals surface area contributed by atoms with E-state index in [1.807, 2.05) is 0 Å². The van der Waals surface area contributed by atoms with Crippen LogP contribution in [-0.4, -0.2) is 42.5 Å². The highest BCUT2D eigenvalue weighted by Gasteiger charge is 2.00. The summed E-state index contributed by atoms with van der Waals surface area (Å²) in [5, 5.41) is 20.4. The Labute approximate surface area is 113 Å². The van der Waals surface area contributed by atoms with Crippen molar-refractivity contribution in [1.82, 2.24) is 5.32 Å². The Morgan fingerprint density at radius 2 is 1.84 bits per heavy atom. The molecule has 0 unspecified atom stereocenters. The minimum absolute atomic E-state index is 0.0368. The maximum atomic E-state index is 10.5. The predicted octanol–water partition coefficient (Wildman–Crippen LogP) is 1.05. The first kappa shape index (κ1) is 15.5. The Balaban J connectivity index is 2.14. The lowest BCUT2D eigenvalue weighted by Gasteiger charge is -2.07. The molecule has 5 nitrogen and oxygen atoms in total. The van der Waals surface area contributed by atoms with Gasteiger partial charge < -0.3 is 20.3 Å². The average Bonchev–Trinajstić information content (AvgIpc) is 2.39. The number of aliphatic hydroxyl groups excluding tert-OH is 1. The number of carbonyl (C=O) groups is 1. The molecule has 0 aliphatic carbocycles. The molecule has 0 spiro atoms. The maximum Gasteiger partial charge on any atom is 0.307 e. The van der Waals surface area contributed by atoms with Gasteiger partial charge in [-0.2, -0.15) is 0 Å². The van der Waals surface area contributed by atoms with Gasteiger partial charge in [0.1, 0.15) is 5.75 Å². The van der Waals surface area contributed by atoms with Crippen molar-refractivity contribution in [2.24, 2.45) is 0 Å². The fourth-order valence-electron chi connectivity index (χ4n) is 1.59. The summed E-state index contributed by atoms with van der Waals surface area (Å²) in [5.41, 5.74) is 0.769. The minimum atomic E-state index is -0.831. The van der Waals surface area contributed by atoms with Gasteiger partial charge >= 0.3 is 5.97 Å². The summed E-state index contributed by atoms with van der Waals surface area (Å²) in [6, 6.07) is 7.11. The quantitative estimate of drug-likeness (QED) is 0.552. The van der Waals surface area contributed by atoms with Gasteiger partial charge in [-0.1, -0.05) is 12.1 Å². The molecule has 1 rings (SSSR count). The standard InChI is InChI=1S/C14H21NO4/c16-9-1-7-15-8-2-10-19-13-5-3-12(4-6-13)11-14(17)18/h3-6,15-16H,1-2,7-11H2,(H,17,18). The zero-order valence-electron chi connectivity index (χ0n) is 11.0. The number of nitrogens with one attached hydrogen (secondary N) is 1. The fraction of sp³-hybridized carbons (Fsp3) is 0.500. The van der Waals surface area contributed by atoms with E-state index in [1.165, 1.54) is 0 Å². The van der Waals surface area contributed by atoms with Crippen LogP contribution in [0.5, 0.6) is 5.75 Å². The van der Waals surface area contributed by atoms with Crippen LogP contribution in [-0.2, 0) is 11.2 Å². The summed E-state index contributed by atoms with van der Waals surface area (Å²) in [6.07, 6.45) is 1.70. The van der Waals surface area contributed by atoms with Crippen molar-refractivity contribution in [3.63, 3.8) is 0 Å². The highest BCUT2D eigenvalue weighted by atomic mass is 16.5. The van der Waals surface area contributed by atoms with E-state index in [0.717, 1.165) is 37.2 Å². The SMILES string of the molecule is O=C(O)Cc1ccc(OCCCNCCCO)cc1. The van der Waals surface area contributed by atoms with Gasteiger partial charge in [0.25, 0.3) is 0 Å². The van der Waals surface area contributed by atoms with Gasteiger partial charge in [-0.15, -0.1) is 0 Å². The van der Waals surface area contributed by atoms with Crippen LogP contribution < -0.4 is 10.1 Å². The summed E-state index contributed by atoms with van der Waals surface area (Å²) < 4.78 is 5.54. The molecule has 0 atom stereocenters. The van der Waals surface area contributed by atoms with Crippen molar-refractivity contribution in [1.29, 1.82) is 0 Å². The van der Waals surface area contributed by atoms with Gasteiger partial charge in [-0.25, -0.2) is 0 Å². The molecule has 0 saturated heterocycles. The zero-order chi connectivity index (χ0) is 13.9. The van der Waals surface area contributed by atoms with Crippen LogP contribution >= 0.6 is 0 Å². The molecular weight excluding hydrogens is 246 g/mol. The highest BCUT2D eigenvalue weighted by Crippen LogP contribution is 2.12. The molecule has 0 heterocycles. The van der Waals surface area contributed by atoms with Crippen LogP contribution in [0.25, 0.3) is 0 Å². The Morgan fingerprint density at radius 1 is 1.16 bits per heavy atom. The molecule has 1 aromatic rings. The Bertz CT molecular complexity index is 364. The van der Waals surface area contributed by atoms with Crippen molar-refractivity contribution >= 4 is 5.97 Å². The van der Waals surface area contributed by atoms with Crippen LogP contribution in [0.3, 0.4) is 0 Å². The number of aliphatic hydroxyl groups is 1. The summed E-state index contributed by atoms with van der Waals surface area (Å²) in [7, 11) is 0. The number of rotatable bonds is 10. The topological polar surface area (TPSA) is 78.8 Å². The number of aliphatic carboxylic acids is 1. The first-order valence-corrected chi connectivity index (χ1v) is 6.47. The van der Waals surface area contributed by atoms with E-state index in [9.17, 15) is 4.79 Å². The number of hydrogen-bond donors (Lipinski definition) is 3. The molecular formula is C14H21NO4. The molecule has 0 fully saturated rings. The van der Waals surface area contributed by atoms with Crippen LogP contribution in [0.15, 0.2) is 24.3 Å². The van der Waals surface area contributed by atoms with Crippen molar-refractivity contribution in [3.8, 4) is 5.75 Å². The van der Waals surface area contributed by atoms with E-state index in [1.54, 1.807) is 24.3 Å². The van der Waals surface area contributed by atoms with Gasteiger partial charge in [0, 0.05) is 6.61 Å². The molecule has 106 valence electrons. The van der Waals surface area contributed by atoms with Gasteiger partial charge in [0.2, 0.25) is 0 Å². The molecule has 0 bridgehead atoms. The van der Waals surface area contributed by atoms with Gasteiger partial charge in [0.05, 0.1) is 13.0 Å². The fourth-order valence-corrected chi connectivity index (χ4v) is 1.59. The van der Waals surface area contributed by atoms with Crippen molar-refractivity contribution < 1.29 is 19.7 Å². The molecule has 19 heavy (non-hydrogen) atoms. The van der Waals surface area contributed by atoms with E-state index >= 15 is 0 Å². The predicted molar refractivity (Wildman–Crippen MR) is 72.5 cm³/mol. The second-order valence-electron chi connectivity index (χ2n) is 4.24. The minimum Gasteiger partial charge on any atom is -0.494 e. The first-order valence-electron chi connectivity index (χ1n) is 6.47. The first-order chi connectivity index (χ1) is 9.22. The molecule has 0 radical (unpaired) electrons. The molecule has 0 aliphatic rings.